The van der Waals surface area contributed by atoms with E-state index in [2.05, 4.69) is 10.3 Å². The highest BCUT2D eigenvalue weighted by molar-refractivity contribution is 7.90. The minimum absolute atomic E-state index is 0.149. The van der Waals surface area contributed by atoms with Crippen molar-refractivity contribution in [2.24, 2.45) is 10.9 Å². The van der Waals surface area contributed by atoms with Crippen molar-refractivity contribution >= 4 is 15.7 Å². The van der Waals surface area contributed by atoms with E-state index in [1.807, 2.05) is 0 Å². The fraction of sp³-hybridized carbons (Fsp3) is 0.500. The van der Waals surface area contributed by atoms with E-state index in [-0.39, 0.29) is 10.7 Å². The van der Waals surface area contributed by atoms with Gasteiger partial charge in [0.2, 0.25) is 0 Å². The molecule has 1 aromatic heterocycles. The topological polar surface area (TPSA) is 111 Å². The molecule has 0 fully saturated rings. The number of nitrogens with two attached hydrogens (primary N) is 1. The summed E-state index contributed by atoms with van der Waals surface area (Å²) in [7, 11) is -3.20. The third kappa shape index (κ3) is 3.54. The van der Waals surface area contributed by atoms with E-state index in [1.54, 1.807) is 0 Å². The number of nitrogens with zero attached hydrogens (tertiary/aromatic N) is 3. The average Bonchev–Trinajstić information content (AvgIpc) is 2.65. The maximum Gasteiger partial charge on any atom is 0.178 e. The van der Waals surface area contributed by atoms with E-state index in [4.69, 9.17) is 10.9 Å². The summed E-state index contributed by atoms with van der Waals surface area (Å²) in [6.45, 7) is 0.520. The zero-order valence-corrected chi connectivity index (χ0v) is 9.68. The molecule has 0 amide bonds. The first kappa shape index (κ1) is 12.5. The minimum atomic E-state index is -3.20. The molecule has 90 valence electrons. The summed E-state index contributed by atoms with van der Waals surface area (Å²) >= 11 is 0. The molecule has 0 unspecified atom stereocenters. The zero-order valence-electron chi connectivity index (χ0n) is 8.87. The predicted molar refractivity (Wildman–Crippen MR) is 58.0 cm³/mol. The first-order chi connectivity index (χ1) is 7.43. The number of hydrogen-bond acceptors (Lipinski definition) is 5. The fourth-order valence-corrected chi connectivity index (χ4v) is 1.68. The van der Waals surface area contributed by atoms with E-state index in [0.717, 1.165) is 6.26 Å². The van der Waals surface area contributed by atoms with E-state index in [9.17, 15) is 8.42 Å². The van der Waals surface area contributed by atoms with Crippen LogP contribution in [0.15, 0.2) is 22.4 Å². The van der Waals surface area contributed by atoms with E-state index >= 15 is 0 Å². The number of hydrogen-bond donors (Lipinski definition) is 2. The Bertz CT molecular complexity index is 477. The second-order valence-electron chi connectivity index (χ2n) is 3.41. The second-order valence-corrected chi connectivity index (χ2v) is 5.42. The molecular weight excluding hydrogens is 232 g/mol. The summed E-state index contributed by atoms with van der Waals surface area (Å²) < 4.78 is 23.8. The SMILES string of the molecule is CS(=O)(=O)c1cnn(CCC/C(N)=N/O)c1. The normalized spacial score (nSPS) is 12.9. The Morgan fingerprint density at radius 3 is 2.88 bits per heavy atom. The van der Waals surface area contributed by atoms with Gasteiger partial charge in [-0.05, 0) is 6.42 Å². The number of oxime groups is 1. The van der Waals surface area contributed by atoms with Gasteiger partial charge in [0.05, 0.1) is 6.20 Å². The van der Waals surface area contributed by atoms with E-state index in [0.29, 0.717) is 19.4 Å². The summed E-state index contributed by atoms with van der Waals surface area (Å²) in [5.74, 6) is 0.149. The molecular formula is C8H14N4O3S. The first-order valence-corrected chi connectivity index (χ1v) is 6.51. The molecule has 8 heteroatoms. The molecule has 7 nitrogen and oxygen atoms in total. The number of rotatable bonds is 5. The fourth-order valence-electron chi connectivity index (χ4n) is 1.13. The highest BCUT2D eigenvalue weighted by Gasteiger charge is 2.09. The molecule has 0 bridgehead atoms. The largest absolute Gasteiger partial charge is 0.409 e. The Morgan fingerprint density at radius 2 is 2.38 bits per heavy atom. The monoisotopic (exact) mass is 246 g/mol. The quantitative estimate of drug-likeness (QED) is 0.324. The van der Waals surface area contributed by atoms with Gasteiger partial charge < -0.3 is 10.9 Å². The van der Waals surface area contributed by atoms with E-state index in [1.165, 1.54) is 17.1 Å². The predicted octanol–water partition coefficient (Wildman–Crippen LogP) is -0.187. The van der Waals surface area contributed by atoms with Crippen molar-refractivity contribution in [3.05, 3.63) is 12.4 Å². The molecule has 1 aromatic rings. The summed E-state index contributed by atoms with van der Waals surface area (Å²) in [6, 6.07) is 0. The molecule has 0 aliphatic heterocycles. The number of amidine groups is 1. The van der Waals surface area contributed by atoms with Crippen LogP contribution in [0.25, 0.3) is 0 Å². The maximum absolute atomic E-state index is 11.1. The second kappa shape index (κ2) is 4.97. The molecule has 0 spiro atoms. The van der Waals surface area contributed by atoms with Crippen molar-refractivity contribution in [3.63, 3.8) is 0 Å². The maximum atomic E-state index is 11.1. The molecule has 3 N–H and O–H groups in total. The summed E-state index contributed by atoms with van der Waals surface area (Å²) in [5, 5.41) is 15.0. The van der Waals surface area contributed by atoms with Gasteiger partial charge in [-0.3, -0.25) is 4.68 Å². The van der Waals surface area contributed by atoms with Gasteiger partial charge in [0.1, 0.15) is 10.7 Å². The Balaban J connectivity index is 2.54. The van der Waals surface area contributed by atoms with Gasteiger partial charge in [0.15, 0.2) is 9.84 Å². The number of aryl methyl sites for hydroxylation is 1. The van der Waals surface area contributed by atoms with Crippen LogP contribution in [0.1, 0.15) is 12.8 Å². The Labute approximate surface area is 93.5 Å². The van der Waals surface area contributed by atoms with Crippen LogP contribution >= 0.6 is 0 Å². The molecule has 0 radical (unpaired) electrons. The van der Waals surface area contributed by atoms with Crippen LogP contribution in [0.4, 0.5) is 0 Å². The lowest BCUT2D eigenvalue weighted by Gasteiger charge is -1.99. The minimum Gasteiger partial charge on any atom is -0.409 e. The van der Waals surface area contributed by atoms with Crippen molar-refractivity contribution < 1.29 is 13.6 Å². The van der Waals surface area contributed by atoms with Gasteiger partial charge in [-0.15, -0.1) is 0 Å². The Morgan fingerprint density at radius 1 is 1.69 bits per heavy atom. The molecule has 0 aliphatic rings. The van der Waals surface area contributed by atoms with Crippen molar-refractivity contribution in [3.8, 4) is 0 Å². The molecule has 0 saturated heterocycles. The van der Waals surface area contributed by atoms with Gasteiger partial charge in [-0.1, -0.05) is 5.16 Å². The summed E-state index contributed by atoms with van der Waals surface area (Å²) in [5.41, 5.74) is 5.29. The van der Waals surface area contributed by atoms with Crippen molar-refractivity contribution in [1.82, 2.24) is 9.78 Å². The molecule has 0 aromatic carbocycles. The molecule has 16 heavy (non-hydrogen) atoms. The van der Waals surface area contributed by atoms with Crippen LogP contribution in [0.2, 0.25) is 0 Å². The third-order valence-electron chi connectivity index (χ3n) is 1.99. The van der Waals surface area contributed by atoms with Crippen LogP contribution in [0.5, 0.6) is 0 Å². The highest BCUT2D eigenvalue weighted by Crippen LogP contribution is 2.06. The Kier molecular flexibility index (Phi) is 3.88. The summed E-state index contributed by atoms with van der Waals surface area (Å²) in [6.07, 6.45) is 4.95. The van der Waals surface area contributed by atoms with Crippen molar-refractivity contribution in [2.45, 2.75) is 24.3 Å². The van der Waals surface area contributed by atoms with Gasteiger partial charge in [-0.25, -0.2) is 8.42 Å². The molecule has 0 atom stereocenters. The van der Waals surface area contributed by atoms with Crippen molar-refractivity contribution in [2.75, 3.05) is 6.26 Å². The smallest absolute Gasteiger partial charge is 0.178 e. The van der Waals surface area contributed by atoms with Gasteiger partial charge >= 0.3 is 0 Å². The molecule has 0 aliphatic carbocycles. The lowest BCUT2D eigenvalue weighted by Crippen LogP contribution is -2.12. The molecule has 0 saturated carbocycles. The van der Waals surface area contributed by atoms with Crippen LogP contribution in [-0.2, 0) is 16.4 Å². The zero-order chi connectivity index (χ0) is 12.2. The highest BCUT2D eigenvalue weighted by atomic mass is 32.2. The molecule has 1 rings (SSSR count). The lowest BCUT2D eigenvalue weighted by atomic mass is 10.3. The standard InChI is InChI=1S/C8H14N4O3S/c1-16(14,15)7-5-10-12(6-7)4-2-3-8(9)11-13/h5-6,13H,2-4H2,1H3,(H2,9,11). The summed E-state index contributed by atoms with van der Waals surface area (Å²) in [4.78, 5) is 0.191. The first-order valence-electron chi connectivity index (χ1n) is 4.62. The number of sulfone groups is 1. The van der Waals surface area contributed by atoms with Crippen LogP contribution in [-0.4, -0.2) is 35.5 Å². The van der Waals surface area contributed by atoms with Crippen molar-refractivity contribution in [1.29, 1.82) is 0 Å². The lowest BCUT2D eigenvalue weighted by molar-refractivity contribution is 0.316. The van der Waals surface area contributed by atoms with Gasteiger partial charge in [0.25, 0.3) is 0 Å². The number of aromatic nitrogens is 2. The van der Waals surface area contributed by atoms with Crippen LogP contribution < -0.4 is 5.73 Å². The average molecular weight is 246 g/mol. The van der Waals surface area contributed by atoms with Crippen LogP contribution in [0, 0.1) is 0 Å². The van der Waals surface area contributed by atoms with Gasteiger partial charge in [-0.2, -0.15) is 5.10 Å². The Hall–Kier alpha value is -1.57. The van der Waals surface area contributed by atoms with E-state index < -0.39 is 9.84 Å². The third-order valence-corrected chi connectivity index (χ3v) is 3.05. The van der Waals surface area contributed by atoms with Crippen LogP contribution in [0.3, 0.4) is 0 Å². The molecule has 1 heterocycles. The van der Waals surface area contributed by atoms with Gasteiger partial charge in [0, 0.05) is 25.4 Å².